The molecule has 1 heterocycles. The Morgan fingerprint density at radius 2 is 1.88 bits per heavy atom. The summed E-state index contributed by atoms with van der Waals surface area (Å²) in [7, 11) is 0. The van der Waals surface area contributed by atoms with Crippen molar-refractivity contribution < 1.29 is 9.90 Å². The maximum absolute atomic E-state index is 11.1. The second kappa shape index (κ2) is 5.17. The first-order valence-corrected chi connectivity index (χ1v) is 6.33. The standard InChI is InChI=1S/C13H25NO2/c1-5-11(12(15)16)14-8-6-10(7-9-14)13(2,3)4/h10-11H,5-9H2,1-4H3,(H,15,16). The van der Waals surface area contributed by atoms with Gasteiger partial charge < -0.3 is 5.11 Å². The first kappa shape index (κ1) is 13.5. The molecule has 1 aliphatic rings. The Morgan fingerprint density at radius 3 is 2.19 bits per heavy atom. The molecule has 0 radical (unpaired) electrons. The van der Waals surface area contributed by atoms with Crippen LogP contribution in [0, 0.1) is 11.3 Å². The molecule has 1 atom stereocenters. The van der Waals surface area contributed by atoms with Gasteiger partial charge >= 0.3 is 5.97 Å². The molecule has 0 aromatic carbocycles. The van der Waals surface area contributed by atoms with Gasteiger partial charge in [0, 0.05) is 0 Å². The summed E-state index contributed by atoms with van der Waals surface area (Å²) < 4.78 is 0. The number of likely N-dealkylation sites (tertiary alicyclic amines) is 1. The second-order valence-corrected chi connectivity index (χ2v) is 5.94. The highest BCUT2D eigenvalue weighted by Gasteiger charge is 2.32. The van der Waals surface area contributed by atoms with E-state index in [1.54, 1.807) is 0 Å². The first-order chi connectivity index (χ1) is 7.36. The van der Waals surface area contributed by atoms with E-state index in [0.717, 1.165) is 31.8 Å². The van der Waals surface area contributed by atoms with Crippen LogP contribution in [0.3, 0.4) is 0 Å². The van der Waals surface area contributed by atoms with Crippen LogP contribution >= 0.6 is 0 Å². The van der Waals surface area contributed by atoms with E-state index in [4.69, 9.17) is 5.11 Å². The highest BCUT2D eigenvalue weighted by atomic mass is 16.4. The fraction of sp³-hybridized carbons (Fsp3) is 0.923. The molecule has 0 amide bonds. The van der Waals surface area contributed by atoms with Gasteiger partial charge in [-0.25, -0.2) is 0 Å². The maximum Gasteiger partial charge on any atom is 0.320 e. The zero-order valence-electron chi connectivity index (χ0n) is 11.0. The Balaban J connectivity index is 2.51. The van der Waals surface area contributed by atoms with Crippen LogP contribution in [0.2, 0.25) is 0 Å². The van der Waals surface area contributed by atoms with Crippen LogP contribution in [0.15, 0.2) is 0 Å². The van der Waals surface area contributed by atoms with Crippen molar-refractivity contribution in [3.8, 4) is 0 Å². The van der Waals surface area contributed by atoms with Crippen LogP contribution in [-0.4, -0.2) is 35.1 Å². The van der Waals surface area contributed by atoms with Crippen molar-refractivity contribution in [1.82, 2.24) is 4.90 Å². The van der Waals surface area contributed by atoms with Crippen LogP contribution in [0.25, 0.3) is 0 Å². The molecule has 1 aliphatic heterocycles. The predicted molar refractivity (Wildman–Crippen MR) is 65.5 cm³/mol. The number of hydrogen-bond acceptors (Lipinski definition) is 2. The molecule has 0 aromatic rings. The predicted octanol–water partition coefficient (Wildman–Crippen LogP) is 2.61. The van der Waals surface area contributed by atoms with Gasteiger partial charge in [0.1, 0.15) is 6.04 Å². The minimum absolute atomic E-state index is 0.277. The molecule has 1 N–H and O–H groups in total. The SMILES string of the molecule is CCC(C(=O)O)N1CCC(C(C)(C)C)CC1. The van der Waals surface area contributed by atoms with Crippen molar-refractivity contribution in [2.24, 2.45) is 11.3 Å². The Morgan fingerprint density at radius 1 is 1.38 bits per heavy atom. The lowest BCUT2D eigenvalue weighted by Gasteiger charge is -2.40. The molecule has 3 heteroatoms. The van der Waals surface area contributed by atoms with Gasteiger partial charge in [-0.15, -0.1) is 0 Å². The molecule has 94 valence electrons. The van der Waals surface area contributed by atoms with Crippen molar-refractivity contribution in [2.45, 2.75) is 53.0 Å². The van der Waals surface area contributed by atoms with E-state index in [0.29, 0.717) is 11.8 Å². The topological polar surface area (TPSA) is 40.5 Å². The van der Waals surface area contributed by atoms with Crippen LogP contribution < -0.4 is 0 Å². The maximum atomic E-state index is 11.1. The van der Waals surface area contributed by atoms with E-state index >= 15 is 0 Å². The molecule has 1 unspecified atom stereocenters. The number of piperidine rings is 1. The lowest BCUT2D eigenvalue weighted by molar-refractivity contribution is -0.144. The molecule has 0 spiro atoms. The van der Waals surface area contributed by atoms with Gasteiger partial charge in [-0.2, -0.15) is 0 Å². The number of aliphatic carboxylic acids is 1. The zero-order valence-corrected chi connectivity index (χ0v) is 11.0. The van der Waals surface area contributed by atoms with E-state index in [9.17, 15) is 4.79 Å². The first-order valence-electron chi connectivity index (χ1n) is 6.33. The average molecular weight is 227 g/mol. The van der Waals surface area contributed by atoms with Crippen molar-refractivity contribution in [1.29, 1.82) is 0 Å². The number of carboxylic acid groups (broad SMARTS) is 1. The molecular formula is C13H25NO2. The monoisotopic (exact) mass is 227 g/mol. The van der Waals surface area contributed by atoms with Crippen LogP contribution in [0.5, 0.6) is 0 Å². The van der Waals surface area contributed by atoms with Crippen LogP contribution in [0.4, 0.5) is 0 Å². The largest absolute Gasteiger partial charge is 0.480 e. The molecule has 0 aliphatic carbocycles. The molecule has 3 nitrogen and oxygen atoms in total. The lowest BCUT2D eigenvalue weighted by Crippen LogP contribution is -2.46. The van der Waals surface area contributed by atoms with Gasteiger partial charge in [-0.1, -0.05) is 27.7 Å². The summed E-state index contributed by atoms with van der Waals surface area (Å²) >= 11 is 0. The number of rotatable bonds is 3. The van der Waals surface area contributed by atoms with Gasteiger partial charge in [-0.05, 0) is 43.7 Å². The number of carbonyl (C=O) groups is 1. The van der Waals surface area contributed by atoms with Crippen molar-refractivity contribution in [3.63, 3.8) is 0 Å². The summed E-state index contributed by atoms with van der Waals surface area (Å²) in [5.74, 6) is 0.0618. The number of hydrogen-bond donors (Lipinski definition) is 1. The van der Waals surface area contributed by atoms with Crippen molar-refractivity contribution in [2.75, 3.05) is 13.1 Å². The molecular weight excluding hydrogens is 202 g/mol. The zero-order chi connectivity index (χ0) is 12.3. The van der Waals surface area contributed by atoms with E-state index in [1.165, 1.54) is 0 Å². The van der Waals surface area contributed by atoms with Gasteiger partial charge in [0.05, 0.1) is 0 Å². The summed E-state index contributed by atoms with van der Waals surface area (Å²) in [6.45, 7) is 10.7. The third-order valence-electron chi connectivity index (χ3n) is 3.87. The number of carboxylic acids is 1. The highest BCUT2D eigenvalue weighted by molar-refractivity contribution is 5.73. The third-order valence-corrected chi connectivity index (χ3v) is 3.87. The molecule has 0 bridgehead atoms. The fourth-order valence-electron chi connectivity index (χ4n) is 2.67. The third kappa shape index (κ3) is 3.21. The van der Waals surface area contributed by atoms with Gasteiger partial charge in [-0.3, -0.25) is 9.69 Å². The van der Waals surface area contributed by atoms with Gasteiger partial charge in [0.15, 0.2) is 0 Å². The Kier molecular flexibility index (Phi) is 4.36. The molecule has 1 saturated heterocycles. The summed E-state index contributed by atoms with van der Waals surface area (Å²) in [6.07, 6.45) is 2.97. The quantitative estimate of drug-likeness (QED) is 0.805. The number of nitrogens with zero attached hydrogens (tertiary/aromatic N) is 1. The van der Waals surface area contributed by atoms with E-state index < -0.39 is 5.97 Å². The smallest absolute Gasteiger partial charge is 0.320 e. The van der Waals surface area contributed by atoms with Crippen LogP contribution in [0.1, 0.15) is 47.0 Å². The van der Waals surface area contributed by atoms with Gasteiger partial charge in [0.25, 0.3) is 0 Å². The average Bonchev–Trinajstić information content (AvgIpc) is 2.17. The normalized spacial score (nSPS) is 22.0. The highest BCUT2D eigenvalue weighted by Crippen LogP contribution is 2.34. The van der Waals surface area contributed by atoms with E-state index in [-0.39, 0.29) is 6.04 Å². The molecule has 1 rings (SSSR count). The molecule has 1 fully saturated rings. The second-order valence-electron chi connectivity index (χ2n) is 5.94. The molecule has 16 heavy (non-hydrogen) atoms. The summed E-state index contributed by atoms with van der Waals surface area (Å²) in [6, 6.07) is -0.277. The van der Waals surface area contributed by atoms with Crippen molar-refractivity contribution >= 4 is 5.97 Å². The molecule has 0 aromatic heterocycles. The summed E-state index contributed by atoms with van der Waals surface area (Å²) in [5, 5.41) is 9.11. The molecule has 0 saturated carbocycles. The Hall–Kier alpha value is -0.570. The summed E-state index contributed by atoms with van der Waals surface area (Å²) in [4.78, 5) is 13.2. The lowest BCUT2D eigenvalue weighted by atomic mass is 9.75. The minimum Gasteiger partial charge on any atom is -0.480 e. The minimum atomic E-state index is -0.670. The van der Waals surface area contributed by atoms with E-state index in [1.807, 2.05) is 6.92 Å². The van der Waals surface area contributed by atoms with Gasteiger partial charge in [0.2, 0.25) is 0 Å². The van der Waals surface area contributed by atoms with E-state index in [2.05, 4.69) is 25.7 Å². The summed E-state index contributed by atoms with van der Waals surface area (Å²) in [5.41, 5.74) is 0.358. The van der Waals surface area contributed by atoms with Crippen LogP contribution in [-0.2, 0) is 4.79 Å². The van der Waals surface area contributed by atoms with Crippen molar-refractivity contribution in [3.05, 3.63) is 0 Å². The Labute approximate surface area is 98.8 Å². The fourth-order valence-corrected chi connectivity index (χ4v) is 2.67. The Bertz CT molecular complexity index is 237.